The summed E-state index contributed by atoms with van der Waals surface area (Å²) in [6.45, 7) is 5.06. The summed E-state index contributed by atoms with van der Waals surface area (Å²) in [5.41, 5.74) is 1.77. The van der Waals surface area contributed by atoms with Gasteiger partial charge in [0.2, 0.25) is 0 Å². The number of aliphatic hydroxyl groups is 1. The highest BCUT2D eigenvalue weighted by Gasteiger charge is 2.45. The minimum absolute atomic E-state index is 0.000996. The highest BCUT2D eigenvalue weighted by molar-refractivity contribution is 6.46. The summed E-state index contributed by atoms with van der Waals surface area (Å²) in [6, 6.07) is 9.93. The van der Waals surface area contributed by atoms with Crippen molar-refractivity contribution in [1.29, 1.82) is 0 Å². The van der Waals surface area contributed by atoms with Crippen LogP contribution in [0.25, 0.3) is 5.76 Å². The first-order chi connectivity index (χ1) is 14.7. The van der Waals surface area contributed by atoms with E-state index in [1.807, 2.05) is 32.8 Å². The van der Waals surface area contributed by atoms with Crippen molar-refractivity contribution in [3.05, 3.63) is 70.5 Å². The third-order valence-electron chi connectivity index (χ3n) is 5.26. The van der Waals surface area contributed by atoms with Crippen LogP contribution >= 0.6 is 0 Å². The third-order valence-corrected chi connectivity index (χ3v) is 5.26. The number of rotatable bonds is 7. The van der Waals surface area contributed by atoms with Gasteiger partial charge in [-0.3, -0.25) is 9.59 Å². The molecule has 1 saturated heterocycles. The summed E-state index contributed by atoms with van der Waals surface area (Å²) in [7, 11) is 3.73. The van der Waals surface area contributed by atoms with Crippen molar-refractivity contribution in [3.63, 3.8) is 0 Å². The van der Waals surface area contributed by atoms with Gasteiger partial charge in [0.25, 0.3) is 11.7 Å². The Bertz CT molecular complexity index is 1010. The van der Waals surface area contributed by atoms with Gasteiger partial charge >= 0.3 is 0 Å². The molecule has 1 atom stereocenters. The zero-order valence-electron chi connectivity index (χ0n) is 18.2. The highest BCUT2D eigenvalue weighted by atomic mass is 19.1. The highest BCUT2D eigenvalue weighted by Crippen LogP contribution is 2.39. The van der Waals surface area contributed by atoms with Gasteiger partial charge < -0.3 is 19.6 Å². The maximum absolute atomic E-state index is 13.5. The maximum Gasteiger partial charge on any atom is 0.295 e. The standard InChI is InChI=1S/C24H27FN2O4/c1-5-31-19-11-8-17(14-15(19)2)22(28)20-21(16-6-9-18(25)10-7-16)27(13-12-26(3)4)24(30)23(20)29/h6-11,14,21,28H,5,12-13H2,1-4H3/b22-20+. The topological polar surface area (TPSA) is 70.1 Å². The van der Waals surface area contributed by atoms with Crippen LogP contribution in [-0.2, 0) is 9.59 Å². The number of hydrogen-bond acceptors (Lipinski definition) is 5. The second kappa shape index (κ2) is 9.31. The molecule has 1 heterocycles. The Balaban J connectivity index is 2.12. The lowest BCUT2D eigenvalue weighted by molar-refractivity contribution is -0.140. The third kappa shape index (κ3) is 4.61. The normalized spacial score (nSPS) is 18.1. The van der Waals surface area contributed by atoms with Gasteiger partial charge in [0, 0.05) is 18.7 Å². The number of ketones is 1. The van der Waals surface area contributed by atoms with Gasteiger partial charge in [0.1, 0.15) is 17.3 Å². The van der Waals surface area contributed by atoms with Gasteiger partial charge in [-0.25, -0.2) is 4.39 Å². The number of amides is 1. The molecule has 0 bridgehead atoms. The van der Waals surface area contributed by atoms with E-state index in [4.69, 9.17) is 4.74 Å². The molecule has 1 aliphatic heterocycles. The lowest BCUT2D eigenvalue weighted by Crippen LogP contribution is -2.35. The number of carbonyl (C=O) groups is 2. The molecule has 0 aromatic heterocycles. The summed E-state index contributed by atoms with van der Waals surface area (Å²) in [5.74, 6) is -1.43. The molecule has 3 rings (SSSR count). The van der Waals surface area contributed by atoms with Crippen LogP contribution in [0.15, 0.2) is 48.0 Å². The molecule has 0 radical (unpaired) electrons. The van der Waals surface area contributed by atoms with Crippen LogP contribution < -0.4 is 4.74 Å². The molecule has 6 nitrogen and oxygen atoms in total. The monoisotopic (exact) mass is 426 g/mol. The minimum atomic E-state index is -0.799. The molecule has 1 unspecified atom stereocenters. The predicted octanol–water partition coefficient (Wildman–Crippen LogP) is 3.52. The first kappa shape index (κ1) is 22.5. The van der Waals surface area contributed by atoms with E-state index in [0.717, 1.165) is 5.56 Å². The molecule has 2 aromatic rings. The molecule has 0 saturated carbocycles. The van der Waals surface area contributed by atoms with Gasteiger partial charge in [-0.1, -0.05) is 12.1 Å². The molecule has 164 valence electrons. The number of carbonyl (C=O) groups excluding carboxylic acids is 2. The minimum Gasteiger partial charge on any atom is -0.507 e. The van der Waals surface area contributed by atoms with Crippen molar-refractivity contribution in [1.82, 2.24) is 9.80 Å². The van der Waals surface area contributed by atoms with Gasteiger partial charge in [0.15, 0.2) is 0 Å². The average Bonchev–Trinajstić information content (AvgIpc) is 2.98. The molecule has 31 heavy (non-hydrogen) atoms. The van der Waals surface area contributed by atoms with E-state index >= 15 is 0 Å². The van der Waals surface area contributed by atoms with Crippen molar-refractivity contribution < 1.29 is 23.8 Å². The number of halogens is 1. The fourth-order valence-electron chi connectivity index (χ4n) is 3.68. The molecule has 1 fully saturated rings. The summed E-state index contributed by atoms with van der Waals surface area (Å²) < 4.78 is 19.1. The molecule has 1 aliphatic rings. The van der Waals surface area contributed by atoms with E-state index in [1.54, 1.807) is 18.2 Å². The molecule has 1 N–H and O–H groups in total. The van der Waals surface area contributed by atoms with E-state index in [1.165, 1.54) is 29.2 Å². The SMILES string of the molecule is CCOc1ccc(/C(O)=C2\C(=O)C(=O)N(CCN(C)C)C2c2ccc(F)cc2)cc1C. The lowest BCUT2D eigenvalue weighted by Gasteiger charge is -2.26. The second-order valence-corrected chi connectivity index (χ2v) is 7.76. The van der Waals surface area contributed by atoms with Crippen LogP contribution in [0.2, 0.25) is 0 Å². The maximum atomic E-state index is 13.5. The van der Waals surface area contributed by atoms with E-state index in [2.05, 4.69) is 0 Å². The van der Waals surface area contributed by atoms with E-state index in [-0.39, 0.29) is 11.3 Å². The lowest BCUT2D eigenvalue weighted by atomic mass is 9.94. The van der Waals surface area contributed by atoms with Crippen LogP contribution in [-0.4, -0.2) is 60.4 Å². The quantitative estimate of drug-likeness (QED) is 0.417. The van der Waals surface area contributed by atoms with Crippen LogP contribution in [0, 0.1) is 12.7 Å². The van der Waals surface area contributed by atoms with Crippen molar-refractivity contribution in [2.45, 2.75) is 19.9 Å². The zero-order chi connectivity index (χ0) is 22.7. The zero-order valence-corrected chi connectivity index (χ0v) is 18.2. The molecule has 2 aromatic carbocycles. The number of likely N-dealkylation sites (tertiary alicyclic amines) is 1. The van der Waals surface area contributed by atoms with E-state index in [9.17, 15) is 19.1 Å². The number of benzene rings is 2. The first-order valence-corrected chi connectivity index (χ1v) is 10.2. The molecular formula is C24H27FN2O4. The van der Waals surface area contributed by atoms with Crippen molar-refractivity contribution in [2.24, 2.45) is 0 Å². The Morgan fingerprint density at radius 1 is 1.16 bits per heavy atom. The molecule has 0 spiro atoms. The van der Waals surface area contributed by atoms with Crippen LogP contribution in [0.5, 0.6) is 5.75 Å². The Kier molecular flexibility index (Phi) is 6.75. The van der Waals surface area contributed by atoms with E-state index < -0.39 is 23.5 Å². The summed E-state index contributed by atoms with van der Waals surface area (Å²) in [6.07, 6.45) is 0. The Labute approximate surface area is 181 Å². The average molecular weight is 426 g/mol. The number of aliphatic hydroxyl groups excluding tert-OH is 1. The van der Waals surface area contributed by atoms with Gasteiger partial charge in [0.05, 0.1) is 18.2 Å². The van der Waals surface area contributed by atoms with E-state index in [0.29, 0.717) is 36.6 Å². The van der Waals surface area contributed by atoms with Crippen molar-refractivity contribution in [3.8, 4) is 5.75 Å². The number of nitrogens with zero attached hydrogens (tertiary/aromatic N) is 2. The van der Waals surface area contributed by atoms with Crippen molar-refractivity contribution in [2.75, 3.05) is 33.8 Å². The largest absolute Gasteiger partial charge is 0.507 e. The van der Waals surface area contributed by atoms with Gasteiger partial charge in [-0.2, -0.15) is 0 Å². The number of aryl methyl sites for hydroxylation is 1. The van der Waals surface area contributed by atoms with Gasteiger partial charge in [-0.15, -0.1) is 0 Å². The number of hydrogen-bond donors (Lipinski definition) is 1. The summed E-state index contributed by atoms with van der Waals surface area (Å²) in [5, 5.41) is 11.1. The van der Waals surface area contributed by atoms with Crippen LogP contribution in [0.4, 0.5) is 4.39 Å². The fraction of sp³-hybridized carbons (Fsp3) is 0.333. The number of ether oxygens (including phenoxy) is 1. The number of likely N-dealkylation sites (N-methyl/N-ethyl adjacent to an activating group) is 1. The van der Waals surface area contributed by atoms with Crippen LogP contribution in [0.1, 0.15) is 29.7 Å². The molecule has 0 aliphatic carbocycles. The van der Waals surface area contributed by atoms with Crippen LogP contribution in [0.3, 0.4) is 0 Å². The Morgan fingerprint density at radius 2 is 1.84 bits per heavy atom. The Hall–Kier alpha value is -3.19. The first-order valence-electron chi connectivity index (χ1n) is 10.2. The fourth-order valence-corrected chi connectivity index (χ4v) is 3.68. The smallest absolute Gasteiger partial charge is 0.295 e. The predicted molar refractivity (Wildman–Crippen MR) is 116 cm³/mol. The van der Waals surface area contributed by atoms with Crippen molar-refractivity contribution >= 4 is 17.4 Å². The Morgan fingerprint density at radius 3 is 2.42 bits per heavy atom. The molecular weight excluding hydrogens is 399 g/mol. The second-order valence-electron chi connectivity index (χ2n) is 7.76. The molecule has 7 heteroatoms. The summed E-state index contributed by atoms with van der Waals surface area (Å²) in [4.78, 5) is 29.1. The summed E-state index contributed by atoms with van der Waals surface area (Å²) >= 11 is 0. The van der Waals surface area contributed by atoms with Gasteiger partial charge in [-0.05, 0) is 69.4 Å². The number of Topliss-reactive ketones (excluding diaryl/α,β-unsaturated/α-hetero) is 1. The molecule has 1 amide bonds.